The topological polar surface area (TPSA) is 167 Å². The van der Waals surface area contributed by atoms with Crippen molar-refractivity contribution in [3.8, 4) is 0 Å². The molecule has 0 spiro atoms. The van der Waals surface area contributed by atoms with E-state index in [-0.39, 0.29) is 35.6 Å². The van der Waals surface area contributed by atoms with Crippen LogP contribution in [0.4, 0.5) is 13.2 Å². The number of aryl methyl sites for hydroxylation is 2. The van der Waals surface area contributed by atoms with Gasteiger partial charge in [-0.3, -0.25) is 18.7 Å². The van der Waals surface area contributed by atoms with Gasteiger partial charge in [0.15, 0.2) is 11.2 Å². The Balaban J connectivity index is 1.40. The molecule has 1 atom stereocenters. The van der Waals surface area contributed by atoms with Gasteiger partial charge >= 0.3 is 11.9 Å². The van der Waals surface area contributed by atoms with Crippen molar-refractivity contribution in [1.29, 1.82) is 0 Å². The summed E-state index contributed by atoms with van der Waals surface area (Å²) in [5, 5.41) is 9.33. The summed E-state index contributed by atoms with van der Waals surface area (Å²) in [5.41, 5.74) is -0.275. The maximum absolute atomic E-state index is 13.4. The molecule has 2 N–H and O–H groups in total. The third-order valence-corrected chi connectivity index (χ3v) is 6.10. The van der Waals surface area contributed by atoms with Gasteiger partial charge in [0.2, 0.25) is 11.7 Å². The molecule has 40 heavy (non-hydrogen) atoms. The Morgan fingerprint density at radius 1 is 1.23 bits per heavy atom. The van der Waals surface area contributed by atoms with Crippen molar-refractivity contribution in [2.75, 3.05) is 6.54 Å². The average Bonchev–Trinajstić information content (AvgIpc) is 3.55. The number of rotatable bonds is 6. The van der Waals surface area contributed by atoms with Crippen LogP contribution in [0.25, 0.3) is 11.2 Å². The summed E-state index contributed by atoms with van der Waals surface area (Å²) in [5.74, 6) is -1.26. The van der Waals surface area contributed by atoms with Crippen molar-refractivity contribution >= 4 is 22.8 Å². The quantitative estimate of drug-likeness (QED) is 0.345. The Morgan fingerprint density at radius 2 is 1.95 bits per heavy atom. The highest BCUT2D eigenvalue weighted by atomic mass is 19.4. The SMILES string of the molecule is Cc1cc(Cn2c(=O)c3c(ncn3[C@@H](C)C(=O)NC3=CNCC(c4cnc(C(F)(F)F)nc4)=N3)n(C)c2=O)no1. The number of hydrogen-bond donors (Lipinski definition) is 2. The standard InChI is InChI=1S/C23H21F3N10O4/c1-11-4-14(33-40-11)9-35-20(38)17-18(34(3)22(35)39)30-10-36(17)12(2)19(37)32-16-8-27-7-15(31-16)13-5-28-21(29-6-13)23(24,25)26/h4-6,8,10,12,27H,7,9H2,1-3H3,(H,32,37)/t12-/m0/s1. The molecule has 4 aromatic heterocycles. The van der Waals surface area contributed by atoms with Gasteiger partial charge in [-0.2, -0.15) is 13.2 Å². The lowest BCUT2D eigenvalue weighted by Crippen LogP contribution is -2.40. The van der Waals surface area contributed by atoms with Gasteiger partial charge in [-0.1, -0.05) is 5.16 Å². The highest BCUT2D eigenvalue weighted by Gasteiger charge is 2.34. The fourth-order valence-corrected chi connectivity index (χ4v) is 4.05. The molecule has 1 amide bonds. The third kappa shape index (κ3) is 4.87. The molecule has 0 saturated heterocycles. The van der Waals surface area contributed by atoms with Crippen molar-refractivity contribution in [1.82, 2.24) is 44.4 Å². The molecule has 1 aliphatic rings. The van der Waals surface area contributed by atoms with Crippen LogP contribution in [0.15, 0.2) is 55.9 Å². The van der Waals surface area contributed by atoms with E-state index in [1.807, 2.05) is 0 Å². The number of aromatic nitrogens is 7. The van der Waals surface area contributed by atoms with Crippen molar-refractivity contribution in [2.24, 2.45) is 12.0 Å². The molecule has 0 bridgehead atoms. The molecule has 5 rings (SSSR count). The second-order valence-electron chi connectivity index (χ2n) is 8.91. The van der Waals surface area contributed by atoms with Gasteiger partial charge < -0.3 is 19.7 Å². The van der Waals surface area contributed by atoms with Crippen LogP contribution in [-0.4, -0.2) is 52.0 Å². The van der Waals surface area contributed by atoms with Crippen LogP contribution in [0, 0.1) is 6.92 Å². The van der Waals surface area contributed by atoms with Gasteiger partial charge in [-0.15, -0.1) is 0 Å². The molecule has 0 saturated carbocycles. The molecule has 0 radical (unpaired) electrons. The number of hydrogen-bond acceptors (Lipinski definition) is 10. The lowest BCUT2D eigenvalue weighted by Gasteiger charge is -2.18. The second-order valence-corrected chi connectivity index (χ2v) is 8.91. The van der Waals surface area contributed by atoms with Crippen LogP contribution in [0.5, 0.6) is 0 Å². The maximum atomic E-state index is 13.4. The van der Waals surface area contributed by atoms with Gasteiger partial charge in [0, 0.05) is 37.3 Å². The first-order valence-electron chi connectivity index (χ1n) is 11.7. The Morgan fingerprint density at radius 3 is 2.60 bits per heavy atom. The summed E-state index contributed by atoms with van der Waals surface area (Å²) in [6.07, 6.45) is 0.0142. The smallest absolute Gasteiger partial charge is 0.382 e. The summed E-state index contributed by atoms with van der Waals surface area (Å²) >= 11 is 0. The van der Waals surface area contributed by atoms with E-state index in [1.54, 1.807) is 13.0 Å². The number of carbonyl (C=O) groups excluding carboxylic acids is 1. The maximum Gasteiger partial charge on any atom is 0.451 e. The zero-order valence-corrected chi connectivity index (χ0v) is 21.2. The third-order valence-electron chi connectivity index (χ3n) is 6.10. The molecular weight excluding hydrogens is 537 g/mol. The highest BCUT2D eigenvalue weighted by molar-refractivity contribution is 6.03. The molecule has 0 aromatic carbocycles. The van der Waals surface area contributed by atoms with Crippen molar-refractivity contribution in [2.45, 2.75) is 32.6 Å². The van der Waals surface area contributed by atoms with Crippen LogP contribution in [0.3, 0.4) is 0 Å². The van der Waals surface area contributed by atoms with E-state index >= 15 is 0 Å². The number of fused-ring (bicyclic) bond motifs is 1. The molecule has 17 heteroatoms. The van der Waals surface area contributed by atoms with E-state index in [1.165, 1.54) is 35.6 Å². The first-order chi connectivity index (χ1) is 18.9. The molecule has 208 valence electrons. The van der Waals surface area contributed by atoms with Crippen molar-refractivity contribution in [3.63, 3.8) is 0 Å². The molecule has 5 heterocycles. The van der Waals surface area contributed by atoms with Crippen LogP contribution in [-0.2, 0) is 24.6 Å². The number of carbonyl (C=O) groups is 1. The number of aliphatic imine (C=N–C) groups is 1. The minimum absolute atomic E-state index is 0.0202. The molecule has 0 unspecified atom stereocenters. The fourth-order valence-electron chi connectivity index (χ4n) is 4.05. The fraction of sp³-hybridized carbons (Fsp3) is 0.304. The number of halogens is 3. The molecule has 1 aliphatic heterocycles. The van der Waals surface area contributed by atoms with Crippen LogP contribution < -0.4 is 21.9 Å². The van der Waals surface area contributed by atoms with Crippen LogP contribution in [0.1, 0.15) is 35.8 Å². The summed E-state index contributed by atoms with van der Waals surface area (Å²) in [7, 11) is 1.45. The lowest BCUT2D eigenvalue weighted by atomic mass is 10.2. The first-order valence-corrected chi connectivity index (χ1v) is 11.7. The van der Waals surface area contributed by atoms with Gasteiger partial charge in [0.05, 0.1) is 25.1 Å². The average molecular weight is 558 g/mol. The number of imidazole rings is 1. The number of amides is 1. The van der Waals surface area contributed by atoms with E-state index in [0.717, 1.165) is 17.0 Å². The predicted molar refractivity (Wildman–Crippen MR) is 132 cm³/mol. The summed E-state index contributed by atoms with van der Waals surface area (Å²) in [6.45, 7) is 3.22. The lowest BCUT2D eigenvalue weighted by molar-refractivity contribution is -0.145. The molecule has 0 aliphatic carbocycles. The molecular formula is C23H21F3N10O4. The van der Waals surface area contributed by atoms with Crippen LogP contribution in [0.2, 0.25) is 0 Å². The van der Waals surface area contributed by atoms with Gasteiger partial charge in [-0.05, 0) is 13.8 Å². The van der Waals surface area contributed by atoms with Crippen molar-refractivity contribution < 1.29 is 22.5 Å². The molecule has 4 aromatic rings. The summed E-state index contributed by atoms with van der Waals surface area (Å²) < 4.78 is 46.8. The zero-order valence-electron chi connectivity index (χ0n) is 21.2. The summed E-state index contributed by atoms with van der Waals surface area (Å²) in [4.78, 5) is 54.5. The van der Waals surface area contributed by atoms with E-state index in [9.17, 15) is 27.6 Å². The number of alkyl halides is 3. The number of nitrogens with zero attached hydrogens (tertiary/aromatic N) is 8. The van der Waals surface area contributed by atoms with Gasteiger partial charge in [0.1, 0.15) is 23.3 Å². The normalized spacial score (nSPS) is 14.4. The zero-order chi connectivity index (χ0) is 28.8. The minimum Gasteiger partial charge on any atom is -0.382 e. The van der Waals surface area contributed by atoms with Crippen LogP contribution >= 0.6 is 0 Å². The largest absolute Gasteiger partial charge is 0.451 e. The monoisotopic (exact) mass is 558 g/mol. The van der Waals surface area contributed by atoms with E-state index in [2.05, 4.69) is 35.7 Å². The molecule has 14 nitrogen and oxygen atoms in total. The highest BCUT2D eigenvalue weighted by Crippen LogP contribution is 2.25. The Bertz CT molecular complexity index is 1790. The van der Waals surface area contributed by atoms with Gasteiger partial charge in [-0.25, -0.2) is 24.7 Å². The molecule has 0 fully saturated rings. The van der Waals surface area contributed by atoms with Gasteiger partial charge in [0.25, 0.3) is 5.56 Å². The Hall–Kier alpha value is -5.09. The minimum atomic E-state index is -4.68. The van der Waals surface area contributed by atoms with Crippen molar-refractivity contribution in [3.05, 3.63) is 80.5 Å². The summed E-state index contributed by atoms with van der Waals surface area (Å²) in [6, 6.07) is 0.620. The Kier molecular flexibility index (Phi) is 6.56. The van der Waals surface area contributed by atoms with E-state index in [0.29, 0.717) is 17.2 Å². The second kappa shape index (κ2) is 9.90. The Labute approximate surface area is 221 Å². The predicted octanol–water partition coefficient (Wildman–Crippen LogP) is 0.619. The number of nitrogens with one attached hydrogen (secondary N) is 2. The first kappa shape index (κ1) is 26.5. The van der Waals surface area contributed by atoms with E-state index in [4.69, 9.17) is 4.52 Å². The van der Waals surface area contributed by atoms with E-state index < -0.39 is 35.2 Å².